The molecule has 0 fully saturated rings. The molecule has 0 bridgehead atoms. The van der Waals surface area contributed by atoms with Gasteiger partial charge in [-0.05, 0) is 36.8 Å². The van der Waals surface area contributed by atoms with E-state index in [1.807, 2.05) is 7.05 Å². The first-order chi connectivity index (χ1) is 13.6. The molecule has 0 spiro atoms. The number of thioether (sulfide) groups is 1. The van der Waals surface area contributed by atoms with Crippen molar-refractivity contribution in [2.75, 3.05) is 6.61 Å². The molecule has 3 heterocycles. The summed E-state index contributed by atoms with van der Waals surface area (Å²) in [6, 6.07) is 8.42. The number of nitrogens with zero attached hydrogens (tertiary/aromatic N) is 3. The van der Waals surface area contributed by atoms with Crippen LogP contribution in [0.15, 0.2) is 46.2 Å². The molecule has 4 aromatic rings. The molecule has 0 unspecified atom stereocenters. The predicted molar refractivity (Wildman–Crippen MR) is 106 cm³/mol. The number of thiophene rings is 1. The summed E-state index contributed by atoms with van der Waals surface area (Å²) in [5.74, 6) is 0.779. The van der Waals surface area contributed by atoms with Crippen molar-refractivity contribution in [1.29, 1.82) is 0 Å². The third kappa shape index (κ3) is 3.31. The molecular weight excluding hydrogens is 401 g/mol. The van der Waals surface area contributed by atoms with Crippen molar-refractivity contribution in [1.82, 2.24) is 14.8 Å². The van der Waals surface area contributed by atoms with Gasteiger partial charge in [-0.25, -0.2) is 9.18 Å². The normalized spacial score (nSPS) is 11.2. The largest absolute Gasteiger partial charge is 0.462 e. The van der Waals surface area contributed by atoms with Crippen LogP contribution in [0.4, 0.5) is 4.39 Å². The van der Waals surface area contributed by atoms with E-state index in [1.54, 1.807) is 42.0 Å². The highest BCUT2D eigenvalue weighted by Crippen LogP contribution is 2.37. The number of furan rings is 1. The van der Waals surface area contributed by atoms with E-state index in [0.29, 0.717) is 43.0 Å². The van der Waals surface area contributed by atoms with E-state index in [0.717, 1.165) is 0 Å². The summed E-state index contributed by atoms with van der Waals surface area (Å²) >= 11 is 2.62. The van der Waals surface area contributed by atoms with Crippen LogP contribution < -0.4 is 0 Å². The maximum Gasteiger partial charge on any atom is 0.348 e. The number of hydrogen-bond acceptors (Lipinski definition) is 7. The van der Waals surface area contributed by atoms with Crippen LogP contribution in [0.25, 0.3) is 21.7 Å². The van der Waals surface area contributed by atoms with Crippen molar-refractivity contribution in [3.05, 3.63) is 52.9 Å². The Bertz CT molecular complexity index is 1140. The number of aromatic nitrogens is 3. The molecule has 1 aromatic carbocycles. The molecular formula is C19H16FN3O3S2. The lowest BCUT2D eigenvalue weighted by Crippen LogP contribution is -2.05. The zero-order chi connectivity index (χ0) is 19.7. The van der Waals surface area contributed by atoms with Crippen LogP contribution in [0.5, 0.6) is 0 Å². The number of esters is 1. The standard InChI is InChI=1S/C19H16FN3O3S2/c1-3-25-18(24)16-11(15-12(20)6-4-8-14(15)28-16)10-27-19-22-21-17(23(19)2)13-7-5-9-26-13/h4-9H,3,10H2,1-2H3. The highest BCUT2D eigenvalue weighted by atomic mass is 32.2. The lowest BCUT2D eigenvalue weighted by atomic mass is 10.1. The number of ether oxygens (including phenoxy) is 1. The average molecular weight is 417 g/mol. The second-order valence-electron chi connectivity index (χ2n) is 5.87. The van der Waals surface area contributed by atoms with Crippen molar-refractivity contribution in [2.24, 2.45) is 7.05 Å². The second kappa shape index (κ2) is 7.76. The Balaban J connectivity index is 1.68. The van der Waals surface area contributed by atoms with Gasteiger partial charge in [0.15, 0.2) is 16.7 Å². The van der Waals surface area contributed by atoms with Crippen molar-refractivity contribution in [3.8, 4) is 11.6 Å². The van der Waals surface area contributed by atoms with Gasteiger partial charge in [-0.3, -0.25) is 0 Å². The van der Waals surface area contributed by atoms with E-state index < -0.39 is 5.97 Å². The van der Waals surface area contributed by atoms with Gasteiger partial charge in [-0.1, -0.05) is 17.8 Å². The predicted octanol–water partition coefficient (Wildman–Crippen LogP) is 4.90. The van der Waals surface area contributed by atoms with E-state index in [9.17, 15) is 9.18 Å². The Labute approximate surface area is 168 Å². The van der Waals surface area contributed by atoms with Gasteiger partial charge in [0.05, 0.1) is 12.9 Å². The summed E-state index contributed by atoms with van der Waals surface area (Å²) in [6.45, 7) is 2.01. The Morgan fingerprint density at radius 2 is 2.18 bits per heavy atom. The highest BCUT2D eigenvalue weighted by molar-refractivity contribution is 7.98. The van der Waals surface area contributed by atoms with Crippen LogP contribution >= 0.6 is 23.1 Å². The minimum Gasteiger partial charge on any atom is -0.462 e. The van der Waals surface area contributed by atoms with Crippen LogP contribution in [-0.2, 0) is 17.5 Å². The smallest absolute Gasteiger partial charge is 0.348 e. The first-order valence-electron chi connectivity index (χ1n) is 8.53. The highest BCUT2D eigenvalue weighted by Gasteiger charge is 2.23. The minimum absolute atomic E-state index is 0.262. The Morgan fingerprint density at radius 3 is 2.93 bits per heavy atom. The molecule has 144 valence electrons. The zero-order valence-electron chi connectivity index (χ0n) is 15.1. The van der Waals surface area contributed by atoms with Crippen molar-refractivity contribution in [3.63, 3.8) is 0 Å². The third-order valence-electron chi connectivity index (χ3n) is 4.15. The summed E-state index contributed by atoms with van der Waals surface area (Å²) in [6.07, 6.45) is 1.57. The number of fused-ring (bicyclic) bond motifs is 1. The Morgan fingerprint density at radius 1 is 1.32 bits per heavy atom. The summed E-state index contributed by atoms with van der Waals surface area (Å²) in [5.41, 5.74) is 0.615. The molecule has 28 heavy (non-hydrogen) atoms. The summed E-state index contributed by atoms with van der Waals surface area (Å²) in [7, 11) is 1.83. The van der Waals surface area contributed by atoms with Crippen molar-refractivity contribution < 1.29 is 18.3 Å². The molecule has 6 nitrogen and oxygen atoms in total. The van der Waals surface area contributed by atoms with Gasteiger partial charge in [0.25, 0.3) is 0 Å². The lowest BCUT2D eigenvalue weighted by molar-refractivity contribution is 0.0531. The van der Waals surface area contributed by atoms with Gasteiger partial charge >= 0.3 is 5.97 Å². The first-order valence-corrected chi connectivity index (χ1v) is 10.3. The third-order valence-corrected chi connectivity index (χ3v) is 6.37. The monoisotopic (exact) mass is 417 g/mol. The van der Waals surface area contributed by atoms with E-state index in [-0.39, 0.29) is 12.4 Å². The molecule has 0 aliphatic heterocycles. The quantitative estimate of drug-likeness (QED) is 0.328. The summed E-state index contributed by atoms with van der Waals surface area (Å²) in [5, 5.41) is 9.45. The van der Waals surface area contributed by atoms with Gasteiger partial charge in [0.2, 0.25) is 0 Å². The van der Waals surface area contributed by atoms with Crippen LogP contribution in [0.3, 0.4) is 0 Å². The Kier molecular flexibility index (Phi) is 5.19. The van der Waals surface area contributed by atoms with Crippen molar-refractivity contribution in [2.45, 2.75) is 17.8 Å². The maximum atomic E-state index is 14.5. The van der Waals surface area contributed by atoms with E-state index in [2.05, 4.69) is 10.2 Å². The van der Waals surface area contributed by atoms with Gasteiger partial charge in [-0.15, -0.1) is 21.5 Å². The molecule has 4 rings (SSSR count). The number of hydrogen-bond donors (Lipinski definition) is 0. The van der Waals surface area contributed by atoms with Gasteiger partial charge < -0.3 is 13.7 Å². The van der Waals surface area contributed by atoms with Crippen LogP contribution in [-0.4, -0.2) is 27.3 Å². The SMILES string of the molecule is CCOC(=O)c1sc2cccc(F)c2c1CSc1nnc(-c2ccco2)n1C. The maximum absolute atomic E-state index is 14.5. The topological polar surface area (TPSA) is 70.2 Å². The van der Waals surface area contributed by atoms with Crippen molar-refractivity contribution >= 4 is 39.2 Å². The zero-order valence-corrected chi connectivity index (χ0v) is 16.8. The van der Waals surface area contributed by atoms with Crippen LogP contribution in [0.1, 0.15) is 22.2 Å². The molecule has 0 radical (unpaired) electrons. The molecule has 0 saturated carbocycles. The average Bonchev–Trinajstić information content (AvgIpc) is 3.39. The second-order valence-corrected chi connectivity index (χ2v) is 7.87. The van der Waals surface area contributed by atoms with E-state index >= 15 is 0 Å². The molecule has 0 aliphatic rings. The lowest BCUT2D eigenvalue weighted by Gasteiger charge is -2.05. The van der Waals surface area contributed by atoms with Gasteiger partial charge in [0, 0.05) is 22.9 Å². The number of halogens is 1. The number of carbonyl (C=O) groups excluding carboxylic acids is 1. The molecule has 0 N–H and O–H groups in total. The fourth-order valence-electron chi connectivity index (χ4n) is 2.86. The Hall–Kier alpha value is -2.65. The molecule has 0 saturated heterocycles. The summed E-state index contributed by atoms with van der Waals surface area (Å²) in [4.78, 5) is 12.8. The van der Waals surface area contributed by atoms with Crippen LogP contribution in [0.2, 0.25) is 0 Å². The van der Waals surface area contributed by atoms with Gasteiger partial charge in [-0.2, -0.15) is 0 Å². The van der Waals surface area contributed by atoms with E-state index in [1.165, 1.54) is 29.2 Å². The fourth-order valence-corrected chi connectivity index (χ4v) is 5.03. The van der Waals surface area contributed by atoms with Gasteiger partial charge in [0.1, 0.15) is 10.7 Å². The first kappa shape index (κ1) is 18.7. The number of benzene rings is 1. The molecule has 9 heteroatoms. The number of rotatable bonds is 6. The molecule has 0 amide bonds. The number of carbonyl (C=O) groups is 1. The fraction of sp³-hybridized carbons (Fsp3) is 0.211. The van der Waals surface area contributed by atoms with E-state index in [4.69, 9.17) is 9.15 Å². The molecule has 0 aliphatic carbocycles. The summed E-state index contributed by atoms with van der Waals surface area (Å²) < 4.78 is 27.6. The van der Waals surface area contributed by atoms with Crippen LogP contribution in [0, 0.1) is 5.82 Å². The molecule has 0 atom stereocenters. The molecule has 3 aromatic heterocycles. The minimum atomic E-state index is -0.437.